The normalized spacial score (nSPS) is 10.3. The quantitative estimate of drug-likeness (QED) is 0.856. The van der Waals surface area contributed by atoms with Crippen LogP contribution in [0.3, 0.4) is 0 Å². The molecule has 122 valence electrons. The van der Waals surface area contributed by atoms with Crippen molar-refractivity contribution in [3.63, 3.8) is 0 Å². The highest BCUT2D eigenvalue weighted by Gasteiger charge is 2.12. The Bertz CT molecular complexity index is 687. The number of aromatic nitrogens is 1. The Labute approximate surface area is 135 Å². The van der Waals surface area contributed by atoms with Crippen LogP contribution in [-0.4, -0.2) is 31.2 Å². The Morgan fingerprint density at radius 1 is 1.13 bits per heavy atom. The number of carbonyl (C=O) groups is 1. The van der Waals surface area contributed by atoms with Gasteiger partial charge < -0.3 is 20.1 Å². The summed E-state index contributed by atoms with van der Waals surface area (Å²) in [5.41, 5.74) is 1.84. The molecule has 2 aromatic rings. The Morgan fingerprint density at radius 3 is 2.57 bits per heavy atom. The lowest BCUT2D eigenvalue weighted by molar-refractivity contribution is 0.102. The molecule has 2 N–H and O–H groups in total. The Morgan fingerprint density at radius 2 is 1.91 bits per heavy atom. The molecule has 0 aliphatic rings. The van der Waals surface area contributed by atoms with Crippen LogP contribution in [0, 0.1) is 0 Å². The molecule has 6 nitrogen and oxygen atoms in total. The number of anilines is 2. The number of methoxy groups -OCH3 is 2. The van der Waals surface area contributed by atoms with E-state index in [1.54, 1.807) is 44.7 Å². The average Bonchev–Trinajstić information content (AvgIpc) is 2.54. The molecular formula is C17H21N3O3. The van der Waals surface area contributed by atoms with Gasteiger partial charge in [-0.2, -0.15) is 0 Å². The minimum atomic E-state index is -0.256. The minimum Gasteiger partial charge on any atom is -0.497 e. The highest BCUT2D eigenvalue weighted by atomic mass is 16.5. The third-order valence-corrected chi connectivity index (χ3v) is 3.11. The average molecular weight is 315 g/mol. The van der Waals surface area contributed by atoms with E-state index in [-0.39, 0.29) is 11.9 Å². The lowest BCUT2D eigenvalue weighted by atomic mass is 10.2. The molecule has 1 heterocycles. The molecule has 0 aliphatic carbocycles. The van der Waals surface area contributed by atoms with Crippen LogP contribution < -0.4 is 20.1 Å². The summed E-state index contributed by atoms with van der Waals surface area (Å²) in [4.78, 5) is 16.5. The molecule has 0 bridgehead atoms. The van der Waals surface area contributed by atoms with E-state index in [4.69, 9.17) is 9.47 Å². The van der Waals surface area contributed by atoms with Crippen LogP contribution in [0.25, 0.3) is 0 Å². The van der Waals surface area contributed by atoms with Crippen molar-refractivity contribution < 1.29 is 14.3 Å². The third-order valence-electron chi connectivity index (χ3n) is 3.11. The van der Waals surface area contributed by atoms with Crippen LogP contribution in [0.1, 0.15) is 24.2 Å². The van der Waals surface area contributed by atoms with E-state index in [1.165, 1.54) is 6.20 Å². The van der Waals surface area contributed by atoms with Gasteiger partial charge in [0.05, 0.1) is 31.2 Å². The van der Waals surface area contributed by atoms with E-state index in [2.05, 4.69) is 15.6 Å². The van der Waals surface area contributed by atoms with Crippen molar-refractivity contribution in [3.8, 4) is 11.5 Å². The Hall–Kier alpha value is -2.76. The number of amides is 1. The Kier molecular flexibility index (Phi) is 5.41. The van der Waals surface area contributed by atoms with E-state index in [9.17, 15) is 4.79 Å². The van der Waals surface area contributed by atoms with Gasteiger partial charge in [0.15, 0.2) is 0 Å². The zero-order valence-corrected chi connectivity index (χ0v) is 13.7. The standard InChI is InChI=1S/C17H21N3O3/c1-11(2)19-13-7-12(9-18-10-13)17(21)20-15-6-5-14(22-3)8-16(15)23-4/h5-11,19H,1-4H3,(H,20,21). The largest absolute Gasteiger partial charge is 0.497 e. The van der Waals surface area contributed by atoms with Crippen molar-refractivity contribution in [3.05, 3.63) is 42.2 Å². The maximum absolute atomic E-state index is 12.4. The van der Waals surface area contributed by atoms with E-state index >= 15 is 0 Å². The van der Waals surface area contributed by atoms with Gasteiger partial charge in [0.2, 0.25) is 0 Å². The van der Waals surface area contributed by atoms with Gasteiger partial charge in [-0.1, -0.05) is 0 Å². The van der Waals surface area contributed by atoms with Gasteiger partial charge in [0, 0.05) is 24.5 Å². The molecule has 0 radical (unpaired) electrons. The topological polar surface area (TPSA) is 72.5 Å². The first kappa shape index (κ1) is 16.6. The Balaban J connectivity index is 2.19. The maximum atomic E-state index is 12.4. The molecule has 0 saturated heterocycles. The fourth-order valence-electron chi connectivity index (χ4n) is 2.07. The van der Waals surface area contributed by atoms with Gasteiger partial charge in [-0.15, -0.1) is 0 Å². The zero-order valence-electron chi connectivity index (χ0n) is 13.7. The predicted octanol–water partition coefficient (Wildman–Crippen LogP) is 3.17. The maximum Gasteiger partial charge on any atom is 0.257 e. The molecule has 23 heavy (non-hydrogen) atoms. The molecule has 1 amide bonds. The molecule has 0 spiro atoms. The van der Waals surface area contributed by atoms with Crippen molar-refractivity contribution in [1.29, 1.82) is 0 Å². The monoisotopic (exact) mass is 315 g/mol. The van der Waals surface area contributed by atoms with E-state index in [0.29, 0.717) is 22.7 Å². The smallest absolute Gasteiger partial charge is 0.257 e. The number of pyridine rings is 1. The first-order valence-corrected chi connectivity index (χ1v) is 7.28. The van der Waals surface area contributed by atoms with Crippen molar-refractivity contribution in [2.45, 2.75) is 19.9 Å². The molecule has 6 heteroatoms. The van der Waals surface area contributed by atoms with Crippen molar-refractivity contribution in [2.24, 2.45) is 0 Å². The SMILES string of the molecule is COc1ccc(NC(=O)c2cncc(NC(C)C)c2)c(OC)c1. The number of nitrogens with one attached hydrogen (secondary N) is 2. The second kappa shape index (κ2) is 7.49. The number of nitrogens with zero attached hydrogens (tertiary/aromatic N) is 1. The summed E-state index contributed by atoms with van der Waals surface area (Å²) in [6.07, 6.45) is 3.21. The summed E-state index contributed by atoms with van der Waals surface area (Å²) >= 11 is 0. The molecule has 0 fully saturated rings. The second-order valence-electron chi connectivity index (χ2n) is 5.28. The number of hydrogen-bond acceptors (Lipinski definition) is 5. The lowest BCUT2D eigenvalue weighted by Crippen LogP contribution is -2.15. The van der Waals surface area contributed by atoms with Crippen molar-refractivity contribution in [2.75, 3.05) is 24.9 Å². The molecule has 0 aliphatic heterocycles. The van der Waals surface area contributed by atoms with Crippen LogP contribution in [0.5, 0.6) is 11.5 Å². The summed E-state index contributed by atoms with van der Waals surface area (Å²) < 4.78 is 10.4. The molecule has 0 saturated carbocycles. The fourth-order valence-corrected chi connectivity index (χ4v) is 2.07. The summed E-state index contributed by atoms with van der Waals surface area (Å²) in [5.74, 6) is 0.931. The molecular weight excluding hydrogens is 294 g/mol. The molecule has 0 unspecified atom stereocenters. The van der Waals surface area contributed by atoms with Gasteiger partial charge in [-0.05, 0) is 32.0 Å². The van der Waals surface area contributed by atoms with Crippen LogP contribution >= 0.6 is 0 Å². The number of hydrogen-bond donors (Lipinski definition) is 2. The first-order valence-electron chi connectivity index (χ1n) is 7.28. The summed E-state index contributed by atoms with van der Waals surface area (Å²) in [5, 5.41) is 6.04. The van der Waals surface area contributed by atoms with Crippen molar-refractivity contribution in [1.82, 2.24) is 4.98 Å². The van der Waals surface area contributed by atoms with Gasteiger partial charge >= 0.3 is 0 Å². The minimum absolute atomic E-state index is 0.256. The highest BCUT2D eigenvalue weighted by molar-refractivity contribution is 6.05. The van der Waals surface area contributed by atoms with E-state index in [1.807, 2.05) is 13.8 Å². The van der Waals surface area contributed by atoms with Gasteiger partial charge in [0.25, 0.3) is 5.91 Å². The molecule has 0 atom stereocenters. The second-order valence-corrected chi connectivity index (χ2v) is 5.28. The number of carbonyl (C=O) groups excluding carboxylic acids is 1. The first-order chi connectivity index (χ1) is 11.0. The summed E-state index contributed by atoms with van der Waals surface area (Å²) in [6.45, 7) is 4.05. The number of ether oxygens (including phenoxy) is 2. The highest BCUT2D eigenvalue weighted by Crippen LogP contribution is 2.29. The number of benzene rings is 1. The van der Waals surface area contributed by atoms with Gasteiger partial charge in [-0.25, -0.2) is 0 Å². The van der Waals surface area contributed by atoms with E-state index < -0.39 is 0 Å². The summed E-state index contributed by atoms with van der Waals surface area (Å²) in [7, 11) is 3.12. The molecule has 1 aromatic carbocycles. The molecule has 2 rings (SSSR count). The van der Waals surface area contributed by atoms with Gasteiger partial charge in [-0.3, -0.25) is 9.78 Å². The number of rotatable bonds is 6. The van der Waals surface area contributed by atoms with Crippen LogP contribution in [0.15, 0.2) is 36.7 Å². The molecule has 1 aromatic heterocycles. The van der Waals surface area contributed by atoms with Crippen LogP contribution in [-0.2, 0) is 0 Å². The van der Waals surface area contributed by atoms with Crippen LogP contribution in [0.2, 0.25) is 0 Å². The van der Waals surface area contributed by atoms with Crippen LogP contribution in [0.4, 0.5) is 11.4 Å². The third kappa shape index (κ3) is 4.35. The van der Waals surface area contributed by atoms with Gasteiger partial charge in [0.1, 0.15) is 11.5 Å². The summed E-state index contributed by atoms with van der Waals surface area (Å²) in [6, 6.07) is 7.23. The fraction of sp³-hybridized carbons (Fsp3) is 0.294. The van der Waals surface area contributed by atoms with Crippen molar-refractivity contribution >= 4 is 17.3 Å². The zero-order chi connectivity index (χ0) is 16.8. The van der Waals surface area contributed by atoms with E-state index in [0.717, 1.165) is 5.69 Å². The lowest BCUT2D eigenvalue weighted by Gasteiger charge is -2.13. The predicted molar refractivity (Wildman–Crippen MR) is 90.5 cm³/mol.